The molecule has 1 heterocycles. The number of ether oxygens (including phenoxy) is 1. The standard InChI is InChI=1S/C21H29F3N2O2/c22-21(23,24)28-16-6-4-5-15(9-16)10-25-11-17-18-12-26(13-19(17)18)14-20(27)7-2-1-3-8-20/h4-6,9,17-19,25,27H,1-3,7-8,10-14H2. The third-order valence-corrected chi connectivity index (χ3v) is 6.59. The summed E-state index contributed by atoms with van der Waals surface area (Å²) in [5.41, 5.74) is 0.306. The summed E-state index contributed by atoms with van der Waals surface area (Å²) in [7, 11) is 0. The second-order valence-corrected chi connectivity index (χ2v) is 8.80. The minimum Gasteiger partial charge on any atom is -0.406 e. The van der Waals surface area contributed by atoms with E-state index in [2.05, 4.69) is 15.0 Å². The summed E-state index contributed by atoms with van der Waals surface area (Å²) in [5, 5.41) is 14.1. The van der Waals surface area contributed by atoms with Crippen LogP contribution in [0.3, 0.4) is 0 Å². The van der Waals surface area contributed by atoms with E-state index in [1.54, 1.807) is 12.1 Å². The van der Waals surface area contributed by atoms with Crippen LogP contribution in [-0.2, 0) is 6.54 Å². The van der Waals surface area contributed by atoms with Gasteiger partial charge in [-0.15, -0.1) is 13.2 Å². The van der Waals surface area contributed by atoms with Crippen LogP contribution in [-0.4, -0.2) is 48.1 Å². The smallest absolute Gasteiger partial charge is 0.406 e. The molecule has 0 radical (unpaired) electrons. The lowest BCUT2D eigenvalue weighted by Gasteiger charge is -2.36. The molecule has 2 N–H and O–H groups in total. The van der Waals surface area contributed by atoms with Crippen molar-refractivity contribution in [2.24, 2.45) is 17.8 Å². The lowest BCUT2D eigenvalue weighted by atomic mass is 9.84. The van der Waals surface area contributed by atoms with E-state index >= 15 is 0 Å². The molecule has 3 fully saturated rings. The van der Waals surface area contributed by atoms with Crippen molar-refractivity contribution in [2.45, 2.75) is 50.6 Å². The molecule has 4 rings (SSSR count). The molecule has 2 aliphatic carbocycles. The van der Waals surface area contributed by atoms with Gasteiger partial charge in [0.25, 0.3) is 0 Å². The zero-order valence-corrected chi connectivity index (χ0v) is 16.0. The van der Waals surface area contributed by atoms with Gasteiger partial charge in [0.15, 0.2) is 0 Å². The minimum absolute atomic E-state index is 0.175. The van der Waals surface area contributed by atoms with Crippen LogP contribution >= 0.6 is 0 Å². The first-order valence-corrected chi connectivity index (χ1v) is 10.3. The number of rotatable bonds is 7. The first-order valence-electron chi connectivity index (χ1n) is 10.3. The summed E-state index contributed by atoms with van der Waals surface area (Å²) in [4.78, 5) is 2.43. The third kappa shape index (κ3) is 4.99. The highest BCUT2D eigenvalue weighted by Gasteiger charge is 2.55. The van der Waals surface area contributed by atoms with Crippen LogP contribution in [0.5, 0.6) is 5.75 Å². The van der Waals surface area contributed by atoms with Gasteiger partial charge in [0.1, 0.15) is 5.75 Å². The molecule has 0 amide bonds. The SMILES string of the molecule is OC1(CN2CC3C(CNCc4cccc(OC(F)(F)F)c4)C3C2)CCCCC1. The number of nitrogens with one attached hydrogen (secondary N) is 1. The average molecular weight is 398 g/mol. The topological polar surface area (TPSA) is 44.7 Å². The Kier molecular flexibility index (Phi) is 5.60. The highest BCUT2D eigenvalue weighted by atomic mass is 19.4. The van der Waals surface area contributed by atoms with Gasteiger partial charge in [0.2, 0.25) is 0 Å². The molecule has 1 aliphatic heterocycles. The van der Waals surface area contributed by atoms with Gasteiger partial charge in [0.05, 0.1) is 5.60 Å². The van der Waals surface area contributed by atoms with Crippen LogP contribution < -0.4 is 10.1 Å². The Morgan fingerprint density at radius 3 is 2.54 bits per heavy atom. The number of likely N-dealkylation sites (tertiary alicyclic amines) is 1. The maximum absolute atomic E-state index is 12.3. The van der Waals surface area contributed by atoms with E-state index in [0.717, 1.165) is 57.4 Å². The quantitative estimate of drug-likeness (QED) is 0.737. The maximum atomic E-state index is 12.3. The van der Waals surface area contributed by atoms with Gasteiger partial charge in [-0.3, -0.25) is 4.90 Å². The lowest BCUT2D eigenvalue weighted by molar-refractivity contribution is -0.274. The molecule has 0 spiro atoms. The largest absolute Gasteiger partial charge is 0.573 e. The van der Waals surface area contributed by atoms with Crippen LogP contribution in [0, 0.1) is 17.8 Å². The van der Waals surface area contributed by atoms with Gasteiger partial charge in [-0.1, -0.05) is 31.4 Å². The molecular formula is C21H29F3N2O2. The number of piperidine rings is 1. The molecule has 4 nitrogen and oxygen atoms in total. The molecule has 2 unspecified atom stereocenters. The molecule has 7 heteroatoms. The first-order chi connectivity index (χ1) is 13.3. The van der Waals surface area contributed by atoms with Crippen LogP contribution in [0.2, 0.25) is 0 Å². The van der Waals surface area contributed by atoms with Crippen LogP contribution in [0.4, 0.5) is 13.2 Å². The molecule has 1 aromatic carbocycles. The van der Waals surface area contributed by atoms with Gasteiger partial charge >= 0.3 is 6.36 Å². The van der Waals surface area contributed by atoms with E-state index in [9.17, 15) is 18.3 Å². The number of aliphatic hydroxyl groups is 1. The first kappa shape index (κ1) is 20.0. The van der Waals surface area contributed by atoms with Crippen molar-refractivity contribution in [3.8, 4) is 5.75 Å². The average Bonchev–Trinajstić information content (AvgIpc) is 3.06. The monoisotopic (exact) mass is 398 g/mol. The van der Waals surface area contributed by atoms with Crippen LogP contribution in [0.15, 0.2) is 24.3 Å². The van der Waals surface area contributed by atoms with Crippen molar-refractivity contribution in [1.29, 1.82) is 0 Å². The fourth-order valence-electron chi connectivity index (χ4n) is 5.19. The number of halogens is 3. The van der Waals surface area contributed by atoms with E-state index in [1.165, 1.54) is 18.6 Å². The Balaban J connectivity index is 1.17. The molecule has 3 aliphatic rings. The van der Waals surface area contributed by atoms with Crippen molar-refractivity contribution in [3.63, 3.8) is 0 Å². The number of β-amino-alcohol motifs (C(OH)–C–C–N with tert-alkyl or cyclic N) is 1. The molecule has 156 valence electrons. The maximum Gasteiger partial charge on any atom is 0.573 e. The van der Waals surface area contributed by atoms with Crippen LogP contribution in [0.25, 0.3) is 0 Å². The van der Waals surface area contributed by atoms with E-state index in [1.807, 2.05) is 0 Å². The second kappa shape index (κ2) is 7.84. The van der Waals surface area contributed by atoms with Crippen molar-refractivity contribution in [3.05, 3.63) is 29.8 Å². The van der Waals surface area contributed by atoms with Gasteiger partial charge in [-0.25, -0.2) is 0 Å². The lowest BCUT2D eigenvalue weighted by Crippen LogP contribution is -2.44. The number of nitrogens with zero attached hydrogens (tertiary/aromatic N) is 1. The highest BCUT2D eigenvalue weighted by Crippen LogP contribution is 2.51. The second-order valence-electron chi connectivity index (χ2n) is 8.80. The molecule has 0 aromatic heterocycles. The minimum atomic E-state index is -4.66. The summed E-state index contributed by atoms with van der Waals surface area (Å²) in [5.74, 6) is 1.86. The number of hydrogen-bond acceptors (Lipinski definition) is 4. The van der Waals surface area contributed by atoms with E-state index in [-0.39, 0.29) is 5.75 Å². The third-order valence-electron chi connectivity index (χ3n) is 6.59. The fourth-order valence-corrected chi connectivity index (χ4v) is 5.19. The van der Waals surface area contributed by atoms with Gasteiger partial charge in [0, 0.05) is 26.2 Å². The Morgan fingerprint density at radius 2 is 1.86 bits per heavy atom. The zero-order chi connectivity index (χ0) is 19.8. The number of benzene rings is 1. The molecular weight excluding hydrogens is 369 g/mol. The molecule has 1 saturated heterocycles. The molecule has 2 saturated carbocycles. The number of fused-ring (bicyclic) bond motifs is 1. The van der Waals surface area contributed by atoms with E-state index in [4.69, 9.17) is 0 Å². The Hall–Kier alpha value is -1.31. The van der Waals surface area contributed by atoms with Crippen molar-refractivity contribution in [2.75, 3.05) is 26.2 Å². The highest BCUT2D eigenvalue weighted by molar-refractivity contribution is 5.28. The summed E-state index contributed by atoms with van der Waals surface area (Å²) in [6, 6.07) is 6.13. The Bertz CT molecular complexity index is 664. The number of alkyl halides is 3. The van der Waals surface area contributed by atoms with Gasteiger partial charge in [-0.2, -0.15) is 0 Å². The van der Waals surface area contributed by atoms with Crippen molar-refractivity contribution >= 4 is 0 Å². The predicted octanol–water partition coefficient (Wildman–Crippen LogP) is 3.55. The Morgan fingerprint density at radius 1 is 1.14 bits per heavy atom. The fraction of sp³-hybridized carbons (Fsp3) is 0.714. The molecule has 0 bridgehead atoms. The van der Waals surface area contributed by atoms with Crippen molar-refractivity contribution in [1.82, 2.24) is 10.2 Å². The zero-order valence-electron chi connectivity index (χ0n) is 16.0. The van der Waals surface area contributed by atoms with E-state index < -0.39 is 12.0 Å². The molecule has 2 atom stereocenters. The van der Waals surface area contributed by atoms with E-state index in [0.29, 0.717) is 24.3 Å². The number of hydrogen-bond donors (Lipinski definition) is 2. The Labute approximate surface area is 164 Å². The molecule has 1 aromatic rings. The summed E-state index contributed by atoms with van der Waals surface area (Å²) < 4.78 is 40.9. The van der Waals surface area contributed by atoms with Gasteiger partial charge in [-0.05, 0) is 54.8 Å². The predicted molar refractivity (Wildman–Crippen MR) is 99.8 cm³/mol. The summed E-state index contributed by atoms with van der Waals surface area (Å²) >= 11 is 0. The van der Waals surface area contributed by atoms with Gasteiger partial charge < -0.3 is 15.2 Å². The summed E-state index contributed by atoms with van der Waals surface area (Å²) in [6.07, 6.45) is 0.723. The normalized spacial score (nSPS) is 29.5. The van der Waals surface area contributed by atoms with Crippen molar-refractivity contribution < 1.29 is 23.0 Å². The molecule has 28 heavy (non-hydrogen) atoms. The summed E-state index contributed by atoms with van der Waals surface area (Å²) in [6.45, 7) is 4.36. The van der Waals surface area contributed by atoms with Crippen LogP contribution in [0.1, 0.15) is 37.7 Å².